The van der Waals surface area contributed by atoms with Gasteiger partial charge in [0.25, 0.3) is 11.8 Å². The van der Waals surface area contributed by atoms with E-state index in [1.54, 1.807) is 35.2 Å². The van der Waals surface area contributed by atoms with Crippen LogP contribution in [0, 0.1) is 0 Å². The number of phenolic OH excluding ortho intramolecular Hbond substituents is 1. The van der Waals surface area contributed by atoms with Gasteiger partial charge in [-0.2, -0.15) is 0 Å². The third-order valence-corrected chi connectivity index (χ3v) is 5.18. The highest BCUT2D eigenvalue weighted by Gasteiger charge is 2.26. The molecule has 0 spiro atoms. The predicted molar refractivity (Wildman–Crippen MR) is 111 cm³/mol. The Hall–Kier alpha value is -3.42. The molecule has 1 aliphatic heterocycles. The van der Waals surface area contributed by atoms with E-state index in [2.05, 4.69) is 5.32 Å². The maximum Gasteiger partial charge on any atom is 0.257 e. The first-order valence-electron chi connectivity index (χ1n) is 9.66. The van der Waals surface area contributed by atoms with E-state index in [4.69, 9.17) is 14.2 Å². The summed E-state index contributed by atoms with van der Waals surface area (Å²) in [6.07, 6.45) is 1.24. The molecule has 2 aromatic rings. The second-order valence-corrected chi connectivity index (χ2v) is 6.97. The number of ether oxygens (including phenoxy) is 3. The predicted octanol–water partition coefficient (Wildman–Crippen LogP) is 2.45. The van der Waals surface area contributed by atoms with Gasteiger partial charge in [0.05, 0.1) is 26.9 Å². The Kier molecular flexibility index (Phi) is 6.66. The van der Waals surface area contributed by atoms with Crippen molar-refractivity contribution in [3.63, 3.8) is 0 Å². The van der Waals surface area contributed by atoms with Crippen LogP contribution in [-0.2, 0) is 0 Å². The second kappa shape index (κ2) is 9.39. The Morgan fingerprint density at radius 2 is 1.60 bits per heavy atom. The summed E-state index contributed by atoms with van der Waals surface area (Å²) in [4.78, 5) is 27.1. The maximum atomic E-state index is 12.8. The molecule has 30 heavy (non-hydrogen) atoms. The van der Waals surface area contributed by atoms with E-state index in [1.165, 1.54) is 27.4 Å². The first kappa shape index (κ1) is 21.3. The number of benzene rings is 2. The lowest BCUT2D eigenvalue weighted by Crippen LogP contribution is -2.46. The molecule has 8 nitrogen and oxygen atoms in total. The molecule has 0 radical (unpaired) electrons. The van der Waals surface area contributed by atoms with E-state index >= 15 is 0 Å². The fourth-order valence-corrected chi connectivity index (χ4v) is 3.53. The van der Waals surface area contributed by atoms with E-state index in [0.717, 1.165) is 0 Å². The summed E-state index contributed by atoms with van der Waals surface area (Å²) in [6.45, 7) is 0.987. The number of hydrogen-bond acceptors (Lipinski definition) is 6. The molecule has 8 heteroatoms. The normalized spacial score (nSPS) is 14.2. The number of nitrogens with zero attached hydrogens (tertiary/aromatic N) is 1. The van der Waals surface area contributed by atoms with Crippen molar-refractivity contribution in [3.05, 3.63) is 47.5 Å². The number of aromatic hydroxyl groups is 1. The van der Waals surface area contributed by atoms with Crippen molar-refractivity contribution in [1.82, 2.24) is 10.2 Å². The lowest BCUT2D eigenvalue weighted by atomic mass is 10.0. The Morgan fingerprint density at radius 3 is 2.13 bits per heavy atom. The van der Waals surface area contributed by atoms with Crippen LogP contribution in [0.4, 0.5) is 0 Å². The van der Waals surface area contributed by atoms with Crippen molar-refractivity contribution in [2.24, 2.45) is 0 Å². The summed E-state index contributed by atoms with van der Waals surface area (Å²) in [5.74, 6) is 0.755. The van der Waals surface area contributed by atoms with Gasteiger partial charge in [-0.05, 0) is 37.1 Å². The fraction of sp³-hybridized carbons (Fsp3) is 0.364. The van der Waals surface area contributed by atoms with Gasteiger partial charge in [0.1, 0.15) is 5.75 Å². The highest BCUT2D eigenvalue weighted by Crippen LogP contribution is 2.38. The van der Waals surface area contributed by atoms with Gasteiger partial charge < -0.3 is 29.5 Å². The van der Waals surface area contributed by atoms with Crippen LogP contribution >= 0.6 is 0 Å². The summed E-state index contributed by atoms with van der Waals surface area (Å²) in [7, 11) is 4.50. The van der Waals surface area contributed by atoms with E-state index in [9.17, 15) is 14.7 Å². The first-order chi connectivity index (χ1) is 14.5. The van der Waals surface area contributed by atoms with E-state index in [-0.39, 0.29) is 29.2 Å². The van der Waals surface area contributed by atoms with Crippen LogP contribution in [0.3, 0.4) is 0 Å². The van der Waals surface area contributed by atoms with Crippen molar-refractivity contribution < 1.29 is 28.9 Å². The van der Waals surface area contributed by atoms with Crippen LogP contribution < -0.4 is 19.5 Å². The van der Waals surface area contributed by atoms with E-state index in [0.29, 0.717) is 48.7 Å². The number of likely N-dealkylation sites (tertiary alicyclic amines) is 1. The molecule has 1 aliphatic rings. The Balaban J connectivity index is 1.63. The van der Waals surface area contributed by atoms with E-state index < -0.39 is 0 Å². The van der Waals surface area contributed by atoms with Gasteiger partial charge in [-0.15, -0.1) is 0 Å². The zero-order valence-corrected chi connectivity index (χ0v) is 17.3. The van der Waals surface area contributed by atoms with Crippen molar-refractivity contribution >= 4 is 11.8 Å². The van der Waals surface area contributed by atoms with Gasteiger partial charge in [0.2, 0.25) is 5.75 Å². The summed E-state index contributed by atoms with van der Waals surface area (Å²) in [6, 6.07) is 9.65. The standard InChI is InChI=1S/C22H26N2O6/c1-28-18-12-14(13-19(29-2)20(18)30-3)21(26)23-15-8-10-24(11-9-15)22(27)16-6-4-5-7-17(16)25/h4-7,12-13,15,25H,8-11H2,1-3H3,(H,23,26). The minimum Gasteiger partial charge on any atom is -0.507 e. The summed E-state index contributed by atoms with van der Waals surface area (Å²) in [5.41, 5.74) is 0.689. The number of hydrogen-bond donors (Lipinski definition) is 2. The molecule has 0 aromatic heterocycles. The third-order valence-electron chi connectivity index (χ3n) is 5.18. The molecule has 1 fully saturated rings. The Morgan fingerprint density at radius 1 is 1.00 bits per heavy atom. The molecule has 0 atom stereocenters. The summed E-state index contributed by atoms with van der Waals surface area (Å²) >= 11 is 0. The number of carbonyl (C=O) groups is 2. The van der Waals surface area contributed by atoms with Crippen molar-refractivity contribution in [1.29, 1.82) is 0 Å². The third kappa shape index (κ3) is 4.42. The van der Waals surface area contributed by atoms with Crippen molar-refractivity contribution in [2.75, 3.05) is 34.4 Å². The number of para-hydroxylation sites is 1. The van der Waals surface area contributed by atoms with Crippen LogP contribution in [0.25, 0.3) is 0 Å². The highest BCUT2D eigenvalue weighted by molar-refractivity contribution is 5.97. The number of carbonyl (C=O) groups excluding carboxylic acids is 2. The minimum atomic E-state index is -0.250. The van der Waals surface area contributed by atoms with Gasteiger partial charge in [-0.3, -0.25) is 9.59 Å². The molecule has 160 valence electrons. The van der Waals surface area contributed by atoms with Gasteiger partial charge in [0.15, 0.2) is 11.5 Å². The molecule has 2 aromatic carbocycles. The second-order valence-electron chi connectivity index (χ2n) is 6.97. The molecule has 2 amide bonds. The number of methoxy groups -OCH3 is 3. The van der Waals surface area contributed by atoms with Gasteiger partial charge >= 0.3 is 0 Å². The Bertz CT molecular complexity index is 897. The molecule has 1 saturated heterocycles. The topological polar surface area (TPSA) is 97.3 Å². The van der Waals surface area contributed by atoms with Crippen molar-refractivity contribution in [3.8, 4) is 23.0 Å². The number of rotatable bonds is 6. The molecule has 0 unspecified atom stereocenters. The number of piperidine rings is 1. The zero-order chi connectivity index (χ0) is 21.7. The lowest BCUT2D eigenvalue weighted by molar-refractivity contribution is 0.0695. The lowest BCUT2D eigenvalue weighted by Gasteiger charge is -2.32. The molecule has 3 rings (SSSR count). The number of phenols is 1. The monoisotopic (exact) mass is 414 g/mol. The smallest absolute Gasteiger partial charge is 0.257 e. The SMILES string of the molecule is COc1cc(C(=O)NC2CCN(C(=O)c3ccccc3O)CC2)cc(OC)c1OC. The molecular weight excluding hydrogens is 388 g/mol. The first-order valence-corrected chi connectivity index (χ1v) is 9.66. The minimum absolute atomic E-state index is 0.0275. The van der Waals surface area contributed by atoms with E-state index in [1.807, 2.05) is 0 Å². The fourth-order valence-electron chi connectivity index (χ4n) is 3.53. The average Bonchev–Trinajstić information content (AvgIpc) is 2.78. The summed E-state index contributed by atoms with van der Waals surface area (Å²) < 4.78 is 15.9. The maximum absolute atomic E-state index is 12.8. The molecule has 2 N–H and O–H groups in total. The quantitative estimate of drug-likeness (QED) is 0.754. The summed E-state index contributed by atoms with van der Waals surface area (Å²) in [5, 5.41) is 12.9. The van der Waals surface area contributed by atoms with Crippen LogP contribution in [0.1, 0.15) is 33.6 Å². The van der Waals surface area contributed by atoms with Gasteiger partial charge in [-0.25, -0.2) is 0 Å². The van der Waals surface area contributed by atoms with Crippen LogP contribution in [0.2, 0.25) is 0 Å². The zero-order valence-electron chi connectivity index (χ0n) is 17.3. The van der Waals surface area contributed by atoms with Crippen LogP contribution in [0.5, 0.6) is 23.0 Å². The molecule has 0 bridgehead atoms. The van der Waals surface area contributed by atoms with Gasteiger partial charge in [-0.1, -0.05) is 12.1 Å². The highest BCUT2D eigenvalue weighted by atomic mass is 16.5. The number of nitrogens with one attached hydrogen (secondary N) is 1. The molecule has 0 saturated carbocycles. The van der Waals surface area contributed by atoms with Crippen LogP contribution in [-0.4, -0.2) is 62.3 Å². The number of amides is 2. The van der Waals surface area contributed by atoms with Crippen LogP contribution in [0.15, 0.2) is 36.4 Å². The van der Waals surface area contributed by atoms with Crippen molar-refractivity contribution in [2.45, 2.75) is 18.9 Å². The molecular formula is C22H26N2O6. The molecule has 1 heterocycles. The molecule has 0 aliphatic carbocycles. The Labute approximate surface area is 175 Å². The largest absolute Gasteiger partial charge is 0.507 e. The van der Waals surface area contributed by atoms with Gasteiger partial charge in [0, 0.05) is 24.7 Å². The average molecular weight is 414 g/mol.